The number of ether oxygens (including phenoxy) is 4. The fraction of sp³-hybridized carbons (Fsp3) is 1.00. The van der Waals surface area contributed by atoms with Gasteiger partial charge in [0.05, 0.1) is 0 Å². The van der Waals surface area contributed by atoms with E-state index in [2.05, 4.69) is 20.8 Å². The first-order valence-electron chi connectivity index (χ1n) is 6.90. The van der Waals surface area contributed by atoms with Crippen molar-refractivity contribution in [3.05, 3.63) is 0 Å². The highest BCUT2D eigenvalue weighted by Gasteiger charge is 2.22. The molecule has 0 fully saturated rings. The summed E-state index contributed by atoms with van der Waals surface area (Å²) >= 11 is 0. The molecule has 0 aliphatic carbocycles. The summed E-state index contributed by atoms with van der Waals surface area (Å²) in [6.07, 6.45) is 4.75. The summed E-state index contributed by atoms with van der Waals surface area (Å²) in [7, 11) is 3.32. The molecule has 0 radical (unpaired) electrons. The molecule has 0 aliphatic rings. The Morgan fingerprint density at radius 2 is 1.21 bits per heavy atom. The molecule has 5 heteroatoms. The third kappa shape index (κ3) is 11.8. The van der Waals surface area contributed by atoms with Crippen LogP contribution in [0.4, 0.5) is 0 Å². The van der Waals surface area contributed by atoms with E-state index < -0.39 is 0 Å². The molecule has 0 aliphatic heterocycles. The lowest BCUT2D eigenvalue weighted by molar-refractivity contribution is -0.0300. The van der Waals surface area contributed by atoms with Crippen LogP contribution in [0.2, 0.25) is 0 Å². The van der Waals surface area contributed by atoms with Crippen molar-refractivity contribution < 1.29 is 18.9 Å². The average Bonchev–Trinajstić information content (AvgIpc) is 2.34. The maximum atomic E-state index is 5.35. The molecule has 0 amide bonds. The van der Waals surface area contributed by atoms with E-state index in [0.717, 1.165) is 26.1 Å². The van der Waals surface area contributed by atoms with Gasteiger partial charge in [-0.15, -0.1) is 7.92 Å². The van der Waals surface area contributed by atoms with Crippen molar-refractivity contribution in [2.75, 3.05) is 53.3 Å². The fourth-order valence-corrected chi connectivity index (χ4v) is 4.37. The van der Waals surface area contributed by atoms with Gasteiger partial charge in [0, 0.05) is 27.4 Å². The second-order valence-corrected chi connectivity index (χ2v) is 8.81. The van der Waals surface area contributed by atoms with E-state index in [9.17, 15) is 0 Å². The van der Waals surface area contributed by atoms with E-state index in [0.29, 0.717) is 18.7 Å². The van der Waals surface area contributed by atoms with Gasteiger partial charge in [-0.1, -0.05) is 20.8 Å². The van der Waals surface area contributed by atoms with Gasteiger partial charge in [0.25, 0.3) is 0 Å². The van der Waals surface area contributed by atoms with Crippen LogP contribution in [-0.2, 0) is 18.9 Å². The third-order valence-corrected chi connectivity index (χ3v) is 6.39. The van der Waals surface area contributed by atoms with Crippen LogP contribution in [0.5, 0.6) is 0 Å². The Kier molecular flexibility index (Phi) is 12.2. The second-order valence-electron chi connectivity index (χ2n) is 5.49. The van der Waals surface area contributed by atoms with E-state index in [1.807, 2.05) is 0 Å². The lowest BCUT2D eigenvalue weighted by Crippen LogP contribution is -2.17. The number of hydrogen-bond donors (Lipinski definition) is 0. The molecular weight excluding hydrogens is 263 g/mol. The minimum absolute atomic E-state index is 0.0149. The van der Waals surface area contributed by atoms with Crippen LogP contribution in [0.1, 0.15) is 33.6 Å². The Morgan fingerprint density at radius 3 is 1.53 bits per heavy atom. The highest BCUT2D eigenvalue weighted by molar-refractivity contribution is 7.59. The Morgan fingerprint density at radius 1 is 0.789 bits per heavy atom. The van der Waals surface area contributed by atoms with Crippen molar-refractivity contribution in [3.63, 3.8) is 0 Å². The van der Waals surface area contributed by atoms with Gasteiger partial charge in [0.2, 0.25) is 0 Å². The zero-order valence-electron chi connectivity index (χ0n) is 13.2. The van der Waals surface area contributed by atoms with Crippen LogP contribution in [0.15, 0.2) is 0 Å². The molecule has 4 nitrogen and oxygen atoms in total. The van der Waals surface area contributed by atoms with Gasteiger partial charge in [0.1, 0.15) is 13.6 Å². The SMILES string of the molecule is COCOCCCP(CCCOCOC)C(C)(C)C. The van der Waals surface area contributed by atoms with E-state index in [1.165, 1.54) is 12.3 Å². The molecule has 116 valence electrons. The Bertz CT molecular complexity index is 180. The zero-order chi connectivity index (χ0) is 14.6. The molecule has 0 spiro atoms. The van der Waals surface area contributed by atoms with E-state index in [1.54, 1.807) is 14.2 Å². The van der Waals surface area contributed by atoms with E-state index in [4.69, 9.17) is 18.9 Å². The van der Waals surface area contributed by atoms with Crippen molar-refractivity contribution in [2.45, 2.75) is 38.8 Å². The molecule has 0 bridgehead atoms. The van der Waals surface area contributed by atoms with E-state index in [-0.39, 0.29) is 7.92 Å². The monoisotopic (exact) mass is 294 g/mol. The first-order chi connectivity index (χ1) is 9.02. The van der Waals surface area contributed by atoms with Gasteiger partial charge in [-0.2, -0.15) is 0 Å². The van der Waals surface area contributed by atoms with Crippen molar-refractivity contribution in [1.82, 2.24) is 0 Å². The number of methoxy groups -OCH3 is 2. The minimum atomic E-state index is 0.0149. The quantitative estimate of drug-likeness (QED) is 0.314. The molecule has 0 saturated heterocycles. The summed E-state index contributed by atoms with van der Waals surface area (Å²) < 4.78 is 20.4. The molecule has 0 N–H and O–H groups in total. The lowest BCUT2D eigenvalue weighted by Gasteiger charge is -2.31. The molecule has 0 aromatic heterocycles. The Labute approximate surface area is 119 Å². The molecule has 0 rings (SSSR count). The van der Waals surface area contributed by atoms with E-state index >= 15 is 0 Å². The van der Waals surface area contributed by atoms with Crippen LogP contribution < -0.4 is 0 Å². The Hall–Kier alpha value is 0.270. The molecule has 0 aromatic carbocycles. The first-order valence-corrected chi connectivity index (χ1v) is 8.62. The molecule has 19 heavy (non-hydrogen) atoms. The summed E-state index contributed by atoms with van der Waals surface area (Å²) in [5.74, 6) is 0. The first kappa shape index (κ1) is 19.3. The standard InChI is InChI=1S/C14H31O4P/c1-14(2,3)19(10-6-8-17-12-15-4)11-7-9-18-13-16-5/h6-13H2,1-5H3. The highest BCUT2D eigenvalue weighted by Crippen LogP contribution is 2.50. The third-order valence-electron chi connectivity index (χ3n) is 2.78. The second kappa shape index (κ2) is 12.0. The van der Waals surface area contributed by atoms with Gasteiger partial charge >= 0.3 is 0 Å². The predicted molar refractivity (Wildman–Crippen MR) is 81.3 cm³/mol. The van der Waals surface area contributed by atoms with Crippen LogP contribution >= 0.6 is 7.92 Å². The highest BCUT2D eigenvalue weighted by atomic mass is 31.1. The van der Waals surface area contributed by atoms with Gasteiger partial charge in [-0.25, -0.2) is 0 Å². The predicted octanol–water partition coefficient (Wildman–Crippen LogP) is 3.29. The summed E-state index contributed by atoms with van der Waals surface area (Å²) in [6.45, 7) is 9.41. The van der Waals surface area contributed by atoms with Crippen LogP contribution in [0.3, 0.4) is 0 Å². The maximum absolute atomic E-state index is 5.35. The van der Waals surface area contributed by atoms with Crippen molar-refractivity contribution in [3.8, 4) is 0 Å². The van der Waals surface area contributed by atoms with Gasteiger partial charge in [0.15, 0.2) is 0 Å². The number of rotatable bonds is 12. The van der Waals surface area contributed by atoms with Crippen molar-refractivity contribution in [2.24, 2.45) is 0 Å². The molecule has 0 unspecified atom stereocenters. The molecule has 0 heterocycles. The van der Waals surface area contributed by atoms with Crippen molar-refractivity contribution in [1.29, 1.82) is 0 Å². The molecular formula is C14H31O4P. The number of hydrogen-bond acceptors (Lipinski definition) is 4. The summed E-state index contributed by atoms with van der Waals surface area (Å²) in [5.41, 5.74) is 0. The lowest BCUT2D eigenvalue weighted by atomic mass is 10.3. The Balaban J connectivity index is 3.77. The van der Waals surface area contributed by atoms with Gasteiger partial charge in [-0.05, 0) is 30.3 Å². The van der Waals surface area contributed by atoms with Crippen LogP contribution in [0, 0.1) is 0 Å². The largest absolute Gasteiger partial charge is 0.359 e. The summed E-state index contributed by atoms with van der Waals surface area (Å²) in [6, 6.07) is 0. The van der Waals surface area contributed by atoms with Crippen LogP contribution in [0.25, 0.3) is 0 Å². The topological polar surface area (TPSA) is 36.9 Å². The van der Waals surface area contributed by atoms with Gasteiger partial charge < -0.3 is 18.9 Å². The van der Waals surface area contributed by atoms with Gasteiger partial charge in [-0.3, -0.25) is 0 Å². The maximum Gasteiger partial charge on any atom is 0.146 e. The average molecular weight is 294 g/mol. The molecule has 0 atom stereocenters. The summed E-state index contributed by atoms with van der Waals surface area (Å²) in [5, 5.41) is 0.401. The zero-order valence-corrected chi connectivity index (χ0v) is 14.1. The smallest absolute Gasteiger partial charge is 0.146 e. The summed E-state index contributed by atoms with van der Waals surface area (Å²) in [4.78, 5) is 0. The van der Waals surface area contributed by atoms with Crippen molar-refractivity contribution >= 4 is 7.92 Å². The minimum Gasteiger partial charge on any atom is -0.359 e. The molecule has 0 aromatic rings. The normalized spacial score (nSPS) is 12.3. The fourth-order valence-electron chi connectivity index (χ4n) is 1.78. The van der Waals surface area contributed by atoms with Crippen LogP contribution in [-0.4, -0.2) is 58.5 Å². The molecule has 0 saturated carbocycles.